The molecule has 1 amide bonds. The molecule has 0 saturated carbocycles. The highest BCUT2D eigenvalue weighted by Gasteiger charge is 2.16. The van der Waals surface area contributed by atoms with Gasteiger partial charge in [-0.15, -0.1) is 0 Å². The smallest absolute Gasteiger partial charge is 0.261 e. The minimum Gasteiger partial charge on any atom is -0.392 e. The molecule has 2 aromatic rings. The van der Waals surface area contributed by atoms with Crippen LogP contribution in [0, 0.1) is 0 Å². The zero-order chi connectivity index (χ0) is 17.7. The molecule has 0 aliphatic heterocycles. The lowest BCUT2D eigenvalue weighted by molar-refractivity contribution is 0.0924. The lowest BCUT2D eigenvalue weighted by Crippen LogP contribution is -2.30. The van der Waals surface area contributed by atoms with Crippen molar-refractivity contribution < 1.29 is 18.3 Å². The number of aliphatic hydroxyl groups excluding tert-OH is 1. The summed E-state index contributed by atoms with van der Waals surface area (Å²) in [5.41, 5.74) is 0.510. The van der Waals surface area contributed by atoms with Crippen molar-refractivity contribution in [3.8, 4) is 0 Å². The van der Waals surface area contributed by atoms with Gasteiger partial charge in [0.05, 0.1) is 16.7 Å². The summed E-state index contributed by atoms with van der Waals surface area (Å²) in [6.07, 6.45) is -0.689. The Morgan fingerprint density at radius 3 is 2.58 bits per heavy atom. The zero-order valence-electron chi connectivity index (χ0n) is 12.9. The van der Waals surface area contributed by atoms with Crippen molar-refractivity contribution in [1.82, 2.24) is 5.32 Å². The highest BCUT2D eigenvalue weighted by Crippen LogP contribution is 2.20. The quantitative estimate of drug-likeness (QED) is 0.728. The summed E-state index contributed by atoms with van der Waals surface area (Å²) in [7, 11) is -3.86. The maximum atomic E-state index is 12.4. The van der Waals surface area contributed by atoms with Gasteiger partial charge in [-0.25, -0.2) is 8.42 Å². The van der Waals surface area contributed by atoms with Crippen molar-refractivity contribution in [2.24, 2.45) is 0 Å². The molecule has 2 aromatic carbocycles. The Bertz CT molecular complexity index is 837. The maximum Gasteiger partial charge on any atom is 0.261 e. The fourth-order valence-corrected chi connectivity index (χ4v) is 3.20. The van der Waals surface area contributed by atoms with Crippen LogP contribution in [0.3, 0.4) is 0 Å². The molecule has 1 unspecified atom stereocenters. The van der Waals surface area contributed by atoms with Crippen LogP contribution in [0.5, 0.6) is 0 Å². The molecule has 3 N–H and O–H groups in total. The summed E-state index contributed by atoms with van der Waals surface area (Å²) >= 11 is 5.84. The van der Waals surface area contributed by atoms with Gasteiger partial charge in [-0.2, -0.15) is 0 Å². The number of amides is 1. The van der Waals surface area contributed by atoms with Gasteiger partial charge in [-0.1, -0.05) is 23.7 Å². The van der Waals surface area contributed by atoms with Gasteiger partial charge >= 0.3 is 0 Å². The molecule has 0 saturated heterocycles. The van der Waals surface area contributed by atoms with E-state index in [1.165, 1.54) is 37.3 Å². The molecule has 128 valence electrons. The second-order valence-corrected chi connectivity index (χ2v) is 7.32. The van der Waals surface area contributed by atoms with Crippen LogP contribution in [-0.4, -0.2) is 32.1 Å². The summed E-state index contributed by atoms with van der Waals surface area (Å²) in [6, 6.07) is 11.9. The van der Waals surface area contributed by atoms with E-state index in [-0.39, 0.29) is 17.0 Å². The number of hydrogen-bond donors (Lipinski definition) is 3. The molecule has 0 fully saturated rings. The van der Waals surface area contributed by atoms with Gasteiger partial charge < -0.3 is 10.4 Å². The molecule has 1 atom stereocenters. The Morgan fingerprint density at radius 1 is 1.21 bits per heavy atom. The third kappa shape index (κ3) is 4.95. The molecule has 8 heteroatoms. The predicted octanol–water partition coefficient (Wildman–Crippen LogP) is 2.25. The number of benzene rings is 2. The molecule has 0 heterocycles. The lowest BCUT2D eigenvalue weighted by atomic mass is 10.2. The number of sulfonamides is 1. The number of carbonyl (C=O) groups excluding carboxylic acids is 1. The van der Waals surface area contributed by atoms with E-state index in [4.69, 9.17) is 11.6 Å². The highest BCUT2D eigenvalue weighted by molar-refractivity contribution is 7.92. The molecule has 2 rings (SSSR count). The predicted molar refractivity (Wildman–Crippen MR) is 92.7 cm³/mol. The fourth-order valence-electron chi connectivity index (χ4n) is 1.91. The topological polar surface area (TPSA) is 95.5 Å². The largest absolute Gasteiger partial charge is 0.392 e. The van der Waals surface area contributed by atoms with E-state index in [0.717, 1.165) is 0 Å². The average Bonchev–Trinajstić information content (AvgIpc) is 2.52. The Morgan fingerprint density at radius 2 is 1.92 bits per heavy atom. The van der Waals surface area contributed by atoms with E-state index < -0.39 is 22.0 Å². The standard InChI is InChI=1S/C16H17ClN2O4S/c1-11(20)10-18-16(21)12-4-2-7-15(8-12)24(22,23)19-14-6-3-5-13(17)9-14/h2-9,11,19-20H,10H2,1H3,(H,18,21). The zero-order valence-corrected chi connectivity index (χ0v) is 14.4. The summed E-state index contributed by atoms with van der Waals surface area (Å²) in [5, 5.41) is 12.1. The third-order valence-electron chi connectivity index (χ3n) is 3.04. The summed E-state index contributed by atoms with van der Waals surface area (Å²) < 4.78 is 27.3. The number of aliphatic hydroxyl groups is 1. The molecule has 24 heavy (non-hydrogen) atoms. The van der Waals surface area contributed by atoms with Gasteiger partial charge in [0.2, 0.25) is 0 Å². The average molecular weight is 369 g/mol. The number of anilines is 1. The van der Waals surface area contributed by atoms with Crippen LogP contribution in [0.4, 0.5) is 5.69 Å². The molecule has 0 aliphatic carbocycles. The SMILES string of the molecule is CC(O)CNC(=O)c1cccc(S(=O)(=O)Nc2cccc(Cl)c2)c1. The second-order valence-electron chi connectivity index (χ2n) is 5.20. The monoisotopic (exact) mass is 368 g/mol. The van der Waals surface area contributed by atoms with Crippen LogP contribution in [0.1, 0.15) is 17.3 Å². The van der Waals surface area contributed by atoms with Crippen molar-refractivity contribution >= 4 is 33.2 Å². The van der Waals surface area contributed by atoms with Crippen molar-refractivity contribution in [3.63, 3.8) is 0 Å². The first kappa shape index (κ1) is 18.3. The second kappa shape index (κ2) is 7.65. The van der Waals surface area contributed by atoms with E-state index in [1.54, 1.807) is 18.2 Å². The molecule has 0 bridgehead atoms. The van der Waals surface area contributed by atoms with Crippen molar-refractivity contribution in [2.75, 3.05) is 11.3 Å². The van der Waals surface area contributed by atoms with E-state index in [0.29, 0.717) is 10.7 Å². The maximum absolute atomic E-state index is 12.4. The number of hydrogen-bond acceptors (Lipinski definition) is 4. The van der Waals surface area contributed by atoms with E-state index in [1.807, 2.05) is 0 Å². The summed E-state index contributed by atoms with van der Waals surface area (Å²) in [6.45, 7) is 1.62. The number of nitrogens with one attached hydrogen (secondary N) is 2. The van der Waals surface area contributed by atoms with Crippen LogP contribution in [0.15, 0.2) is 53.4 Å². The molecule has 0 spiro atoms. The Hall–Kier alpha value is -2.09. The van der Waals surface area contributed by atoms with Gasteiger partial charge in [0.1, 0.15) is 0 Å². The van der Waals surface area contributed by atoms with Crippen molar-refractivity contribution in [3.05, 3.63) is 59.1 Å². The third-order valence-corrected chi connectivity index (χ3v) is 4.66. The molecule has 0 radical (unpaired) electrons. The first-order chi connectivity index (χ1) is 11.3. The highest BCUT2D eigenvalue weighted by atomic mass is 35.5. The molecule has 6 nitrogen and oxygen atoms in total. The Kier molecular flexibility index (Phi) is 5.82. The molecular weight excluding hydrogens is 352 g/mol. The van der Waals surface area contributed by atoms with E-state index in [9.17, 15) is 18.3 Å². The minimum atomic E-state index is -3.86. The van der Waals surface area contributed by atoms with Crippen LogP contribution in [0.2, 0.25) is 5.02 Å². The summed E-state index contributed by atoms with van der Waals surface area (Å²) in [4.78, 5) is 11.9. The fraction of sp³-hybridized carbons (Fsp3) is 0.188. The van der Waals surface area contributed by atoms with Gasteiger partial charge in [0, 0.05) is 17.1 Å². The number of rotatable bonds is 6. The normalized spacial score (nSPS) is 12.5. The van der Waals surface area contributed by atoms with Gasteiger partial charge in [-0.05, 0) is 43.3 Å². The van der Waals surface area contributed by atoms with Gasteiger partial charge in [0.25, 0.3) is 15.9 Å². The Labute approximate surface area is 145 Å². The van der Waals surface area contributed by atoms with Gasteiger partial charge in [-0.3, -0.25) is 9.52 Å². The first-order valence-corrected chi connectivity index (χ1v) is 8.99. The van der Waals surface area contributed by atoms with Crippen LogP contribution >= 0.6 is 11.6 Å². The minimum absolute atomic E-state index is 0.0489. The van der Waals surface area contributed by atoms with E-state index in [2.05, 4.69) is 10.0 Å². The van der Waals surface area contributed by atoms with E-state index >= 15 is 0 Å². The molecule has 0 aliphatic rings. The van der Waals surface area contributed by atoms with Crippen molar-refractivity contribution in [1.29, 1.82) is 0 Å². The van der Waals surface area contributed by atoms with Crippen LogP contribution in [0.25, 0.3) is 0 Å². The van der Waals surface area contributed by atoms with Gasteiger partial charge in [0.15, 0.2) is 0 Å². The summed E-state index contributed by atoms with van der Waals surface area (Å²) in [5.74, 6) is -0.462. The number of carbonyl (C=O) groups is 1. The number of halogens is 1. The van der Waals surface area contributed by atoms with Crippen LogP contribution in [-0.2, 0) is 10.0 Å². The van der Waals surface area contributed by atoms with Crippen LogP contribution < -0.4 is 10.0 Å². The Balaban J connectivity index is 2.21. The molecular formula is C16H17ClN2O4S. The molecule has 0 aromatic heterocycles. The first-order valence-electron chi connectivity index (χ1n) is 7.12. The van der Waals surface area contributed by atoms with Crippen molar-refractivity contribution in [2.45, 2.75) is 17.9 Å². The lowest BCUT2D eigenvalue weighted by Gasteiger charge is -2.10.